The van der Waals surface area contributed by atoms with Crippen LogP contribution in [0.1, 0.15) is 179 Å². The highest BCUT2D eigenvalue weighted by Gasteiger charge is 2.07. The molecule has 0 fully saturated rings. The van der Waals surface area contributed by atoms with E-state index in [4.69, 9.17) is 5.11 Å². The molecule has 0 amide bonds. The second-order valence-electron chi connectivity index (χ2n) is 8.01. The molecule has 0 aromatic rings. The second kappa shape index (κ2) is 58.4. The third-order valence-corrected chi connectivity index (χ3v) is 4.85. The molecular weight excluding hydrogens is 412 g/mol. The monoisotopic (exact) mass is 487 g/mol. The van der Waals surface area contributed by atoms with Gasteiger partial charge in [-0.1, -0.05) is 158 Å². The zero-order valence-electron chi connectivity index (χ0n) is 26.7. The summed E-state index contributed by atoms with van der Waals surface area (Å²) in [4.78, 5) is 0. The van der Waals surface area contributed by atoms with Gasteiger partial charge in [0.1, 0.15) is 0 Å². The van der Waals surface area contributed by atoms with Gasteiger partial charge in [0.05, 0.1) is 0 Å². The van der Waals surface area contributed by atoms with Crippen LogP contribution in [0.15, 0.2) is 24.3 Å². The first kappa shape index (κ1) is 46.7. The van der Waals surface area contributed by atoms with Crippen molar-refractivity contribution in [2.24, 2.45) is 5.92 Å². The molecule has 212 valence electrons. The van der Waals surface area contributed by atoms with Gasteiger partial charge in [-0.3, -0.25) is 0 Å². The third kappa shape index (κ3) is 63.4. The van der Waals surface area contributed by atoms with Gasteiger partial charge in [-0.25, -0.2) is 0 Å². The molecule has 1 nitrogen and oxygen atoms in total. The molecule has 0 rings (SSSR count). The summed E-state index contributed by atoms with van der Waals surface area (Å²) in [6.45, 7) is 29.7. The van der Waals surface area contributed by atoms with Crippen LogP contribution in [0.3, 0.4) is 0 Å². The van der Waals surface area contributed by atoms with E-state index in [0.717, 1.165) is 18.8 Å². The standard InChI is InChI=1S/C18H36.C6H12O.C3H8.3C2H6/c1-5-8-10-12-14-18(7-3)16-15-17(4)13-11-9-6-2;1-2-3-4-5-6-7;1-3-2;3*1-2/h18H,4-16H2,1-3H3;2-3,7H,4-6H2,1H3;3H2,1-2H3;3*1-2H3/b;3-2-;;;;/t18-;;;;;/m1...../s1. The van der Waals surface area contributed by atoms with Crippen molar-refractivity contribution < 1.29 is 5.11 Å². The van der Waals surface area contributed by atoms with Gasteiger partial charge in [0.2, 0.25) is 0 Å². The highest BCUT2D eigenvalue weighted by atomic mass is 16.2. The van der Waals surface area contributed by atoms with Gasteiger partial charge in [0, 0.05) is 6.61 Å². The molecule has 0 aromatic carbocycles. The Bertz CT molecular complexity index is 293. The predicted molar refractivity (Wildman–Crippen MR) is 166 cm³/mol. The first-order valence-electron chi connectivity index (χ1n) is 15.5. The van der Waals surface area contributed by atoms with Crippen molar-refractivity contribution in [2.45, 2.75) is 179 Å². The fraction of sp³-hybridized carbons (Fsp3) is 0.879. The summed E-state index contributed by atoms with van der Waals surface area (Å²) in [6, 6.07) is 0. The van der Waals surface area contributed by atoms with Crippen molar-refractivity contribution in [3.63, 3.8) is 0 Å². The Morgan fingerprint density at radius 2 is 1.21 bits per heavy atom. The lowest BCUT2D eigenvalue weighted by molar-refractivity contribution is 0.289. The number of unbranched alkanes of at least 4 members (excludes halogenated alkanes) is 6. The Labute approximate surface area is 221 Å². The van der Waals surface area contributed by atoms with Crippen LogP contribution in [-0.2, 0) is 0 Å². The normalized spacial score (nSPS) is 9.91. The molecule has 34 heavy (non-hydrogen) atoms. The lowest BCUT2D eigenvalue weighted by atomic mass is 9.91. The lowest BCUT2D eigenvalue weighted by Gasteiger charge is -2.15. The molecule has 0 aliphatic carbocycles. The summed E-state index contributed by atoms with van der Waals surface area (Å²) in [5.41, 5.74) is 1.50. The van der Waals surface area contributed by atoms with E-state index in [2.05, 4.69) is 47.3 Å². The molecule has 0 aliphatic rings. The number of hydrogen-bond donors (Lipinski definition) is 1. The summed E-state index contributed by atoms with van der Waals surface area (Å²) in [7, 11) is 0. The molecule has 0 bridgehead atoms. The minimum Gasteiger partial charge on any atom is -0.396 e. The fourth-order valence-electron chi connectivity index (χ4n) is 2.95. The maximum absolute atomic E-state index is 8.26. The fourth-order valence-corrected chi connectivity index (χ4v) is 2.95. The van der Waals surface area contributed by atoms with E-state index in [1.807, 2.05) is 54.5 Å². The quantitative estimate of drug-likeness (QED) is 0.170. The van der Waals surface area contributed by atoms with E-state index in [1.165, 1.54) is 89.0 Å². The van der Waals surface area contributed by atoms with Crippen LogP contribution in [0.2, 0.25) is 0 Å². The van der Waals surface area contributed by atoms with Crippen LogP contribution in [0.4, 0.5) is 0 Å². The summed E-state index contributed by atoms with van der Waals surface area (Å²) in [6.07, 6.45) is 23.6. The SMILES string of the molecule is C/C=C\CCCO.C=C(CCCCC)CC[C@H](CC)CCCCCC.CC.CC.CC.CCC. The lowest BCUT2D eigenvalue weighted by Crippen LogP contribution is -2.00. The van der Waals surface area contributed by atoms with Crippen molar-refractivity contribution in [3.8, 4) is 0 Å². The van der Waals surface area contributed by atoms with E-state index < -0.39 is 0 Å². The van der Waals surface area contributed by atoms with Crippen LogP contribution in [0, 0.1) is 5.92 Å². The van der Waals surface area contributed by atoms with Crippen LogP contribution in [-0.4, -0.2) is 11.7 Å². The summed E-state index contributed by atoms with van der Waals surface area (Å²) < 4.78 is 0. The van der Waals surface area contributed by atoms with Crippen LogP contribution in [0.5, 0.6) is 0 Å². The zero-order chi connectivity index (χ0) is 27.9. The number of aliphatic hydroxyl groups is 1. The highest BCUT2D eigenvalue weighted by molar-refractivity contribution is 4.94. The van der Waals surface area contributed by atoms with Crippen molar-refractivity contribution in [2.75, 3.05) is 6.61 Å². The van der Waals surface area contributed by atoms with Crippen LogP contribution in [0.25, 0.3) is 0 Å². The van der Waals surface area contributed by atoms with Crippen molar-refractivity contribution in [1.29, 1.82) is 0 Å². The largest absolute Gasteiger partial charge is 0.396 e. The smallest absolute Gasteiger partial charge is 0.0433 e. The summed E-state index contributed by atoms with van der Waals surface area (Å²) in [5, 5.41) is 8.26. The van der Waals surface area contributed by atoms with Crippen molar-refractivity contribution >= 4 is 0 Å². The first-order chi connectivity index (χ1) is 16.6. The number of allylic oxidation sites excluding steroid dienone is 3. The summed E-state index contributed by atoms with van der Waals surface area (Å²) >= 11 is 0. The Balaban J connectivity index is -0.000000101. The number of aliphatic hydroxyl groups excluding tert-OH is 1. The van der Waals surface area contributed by atoms with Gasteiger partial charge in [-0.15, -0.1) is 0 Å². The molecule has 0 saturated carbocycles. The zero-order valence-corrected chi connectivity index (χ0v) is 26.7. The van der Waals surface area contributed by atoms with Crippen LogP contribution >= 0.6 is 0 Å². The average molecular weight is 487 g/mol. The molecule has 1 atom stereocenters. The Kier molecular flexibility index (Phi) is 80.2. The predicted octanol–water partition coefficient (Wildman–Crippen LogP) is 12.7. The topological polar surface area (TPSA) is 20.2 Å². The van der Waals surface area contributed by atoms with Gasteiger partial charge in [0.15, 0.2) is 0 Å². The van der Waals surface area contributed by atoms with E-state index >= 15 is 0 Å². The first-order valence-corrected chi connectivity index (χ1v) is 15.5. The van der Waals surface area contributed by atoms with E-state index in [0.29, 0.717) is 6.61 Å². The van der Waals surface area contributed by atoms with Gasteiger partial charge in [-0.05, 0) is 51.4 Å². The maximum atomic E-state index is 8.26. The Morgan fingerprint density at radius 1 is 0.706 bits per heavy atom. The van der Waals surface area contributed by atoms with E-state index in [-0.39, 0.29) is 0 Å². The minimum absolute atomic E-state index is 0.310. The highest BCUT2D eigenvalue weighted by Crippen LogP contribution is 2.23. The Hall–Kier alpha value is -0.560. The molecule has 0 heterocycles. The minimum atomic E-state index is 0.310. The second-order valence-corrected chi connectivity index (χ2v) is 8.01. The van der Waals surface area contributed by atoms with E-state index in [1.54, 1.807) is 0 Å². The molecule has 0 unspecified atom stereocenters. The average Bonchev–Trinajstić information content (AvgIpc) is 2.88. The van der Waals surface area contributed by atoms with Crippen molar-refractivity contribution in [3.05, 3.63) is 24.3 Å². The molecule has 0 spiro atoms. The van der Waals surface area contributed by atoms with Gasteiger partial charge < -0.3 is 5.11 Å². The summed E-state index contributed by atoms with van der Waals surface area (Å²) in [5.74, 6) is 0.949. The van der Waals surface area contributed by atoms with Crippen LogP contribution < -0.4 is 0 Å². The Morgan fingerprint density at radius 3 is 1.62 bits per heavy atom. The molecule has 1 N–H and O–H groups in total. The van der Waals surface area contributed by atoms with Gasteiger partial charge in [0.25, 0.3) is 0 Å². The van der Waals surface area contributed by atoms with Gasteiger partial charge in [-0.2, -0.15) is 0 Å². The number of rotatable bonds is 16. The molecular formula is C33H74O. The third-order valence-electron chi connectivity index (χ3n) is 4.85. The van der Waals surface area contributed by atoms with E-state index in [9.17, 15) is 0 Å². The molecule has 0 radical (unpaired) electrons. The molecule has 1 heteroatoms. The number of hydrogen-bond acceptors (Lipinski definition) is 1. The molecule has 0 aliphatic heterocycles. The van der Waals surface area contributed by atoms with Crippen molar-refractivity contribution in [1.82, 2.24) is 0 Å². The van der Waals surface area contributed by atoms with Gasteiger partial charge >= 0.3 is 0 Å². The molecule has 0 aromatic heterocycles. The molecule has 0 saturated heterocycles. The maximum Gasteiger partial charge on any atom is 0.0433 e.